The Kier molecular flexibility index (Phi) is 6.51. The van der Waals surface area contributed by atoms with Crippen molar-refractivity contribution in [3.63, 3.8) is 0 Å². The predicted molar refractivity (Wildman–Crippen MR) is 122 cm³/mol. The summed E-state index contributed by atoms with van der Waals surface area (Å²) in [5.74, 6) is -2.77. The molecule has 1 atom stereocenters. The van der Waals surface area contributed by atoms with E-state index in [1.807, 2.05) is 14.0 Å². The maximum absolute atomic E-state index is 13.2. The van der Waals surface area contributed by atoms with Crippen LogP contribution in [0.25, 0.3) is 0 Å². The smallest absolute Gasteiger partial charge is 0.278 e. The number of pyridine rings is 2. The number of rotatable bonds is 8. The fourth-order valence-corrected chi connectivity index (χ4v) is 3.91. The molecule has 4 heterocycles. The first-order valence-electron chi connectivity index (χ1n) is 11.1. The molecule has 3 aromatic rings. The first-order valence-corrected chi connectivity index (χ1v) is 11.1. The van der Waals surface area contributed by atoms with Gasteiger partial charge in [0.2, 0.25) is 5.88 Å². The summed E-state index contributed by atoms with van der Waals surface area (Å²) in [6.07, 6.45) is 6.39. The van der Waals surface area contributed by atoms with Crippen LogP contribution in [0.1, 0.15) is 63.3 Å². The molecule has 0 saturated carbocycles. The number of nitrogens with one attached hydrogen (secondary N) is 1. The van der Waals surface area contributed by atoms with Crippen molar-refractivity contribution in [2.24, 2.45) is 7.05 Å². The first-order chi connectivity index (χ1) is 16.5. The molecule has 0 fully saturated rings. The number of alkyl halides is 2. The number of hydrogen-bond donors (Lipinski definition) is 1. The van der Waals surface area contributed by atoms with E-state index < -0.39 is 12.5 Å². The number of imidazole rings is 1. The number of nitrogens with zero attached hydrogens (tertiary/aromatic N) is 5. The van der Waals surface area contributed by atoms with E-state index in [1.54, 1.807) is 40.9 Å². The van der Waals surface area contributed by atoms with Crippen LogP contribution in [-0.4, -0.2) is 48.8 Å². The number of aromatic nitrogens is 4. The van der Waals surface area contributed by atoms with Crippen LogP contribution in [-0.2, 0) is 20.1 Å². The maximum atomic E-state index is 13.2. The molecule has 0 saturated heterocycles. The van der Waals surface area contributed by atoms with Crippen LogP contribution < -0.4 is 10.1 Å². The van der Waals surface area contributed by atoms with E-state index in [1.165, 1.54) is 12.4 Å². The van der Waals surface area contributed by atoms with E-state index in [0.717, 1.165) is 6.92 Å². The highest BCUT2D eigenvalue weighted by Gasteiger charge is 2.35. The molecule has 0 spiro atoms. The molecule has 0 radical (unpaired) electrons. The van der Waals surface area contributed by atoms with E-state index in [-0.39, 0.29) is 42.5 Å². The number of amides is 2. The zero-order chi connectivity index (χ0) is 25.3. The SMILES string of the molecule is Cc1cc(C(C)N2Cc3c(ccnc3C(=O)NCc3nccn3C)C2=O)cnc1OCC(C)(F)F. The summed E-state index contributed by atoms with van der Waals surface area (Å²) in [4.78, 5) is 40.2. The Hall–Kier alpha value is -3.89. The molecule has 0 aliphatic carbocycles. The van der Waals surface area contributed by atoms with Gasteiger partial charge in [-0.25, -0.2) is 18.7 Å². The highest BCUT2D eigenvalue weighted by atomic mass is 19.3. The third kappa shape index (κ3) is 5.13. The number of ether oxygens (including phenoxy) is 1. The summed E-state index contributed by atoms with van der Waals surface area (Å²) in [7, 11) is 1.83. The molecule has 184 valence electrons. The quantitative estimate of drug-likeness (QED) is 0.527. The number of carbonyl (C=O) groups is 2. The monoisotopic (exact) mass is 484 g/mol. The predicted octanol–water partition coefficient (Wildman–Crippen LogP) is 3.20. The molecule has 9 nitrogen and oxygen atoms in total. The van der Waals surface area contributed by atoms with E-state index in [9.17, 15) is 18.4 Å². The maximum Gasteiger partial charge on any atom is 0.278 e. The minimum Gasteiger partial charge on any atom is -0.471 e. The van der Waals surface area contributed by atoms with Crippen LogP contribution in [0.3, 0.4) is 0 Å². The summed E-state index contributed by atoms with van der Waals surface area (Å²) in [5.41, 5.74) is 2.46. The Labute approximate surface area is 201 Å². The highest BCUT2D eigenvalue weighted by molar-refractivity contribution is 6.03. The van der Waals surface area contributed by atoms with Gasteiger partial charge in [-0.2, -0.15) is 0 Å². The van der Waals surface area contributed by atoms with Crippen LogP contribution in [0, 0.1) is 6.92 Å². The van der Waals surface area contributed by atoms with Crippen LogP contribution in [0.15, 0.2) is 36.9 Å². The topological polar surface area (TPSA) is 102 Å². The van der Waals surface area contributed by atoms with Crippen LogP contribution in [0.2, 0.25) is 0 Å². The third-order valence-corrected chi connectivity index (χ3v) is 5.88. The lowest BCUT2D eigenvalue weighted by atomic mass is 10.1. The van der Waals surface area contributed by atoms with Crippen molar-refractivity contribution in [2.75, 3.05) is 6.61 Å². The molecule has 1 unspecified atom stereocenters. The molecule has 4 rings (SSSR count). The van der Waals surface area contributed by atoms with E-state index in [2.05, 4.69) is 20.3 Å². The van der Waals surface area contributed by atoms with Crippen molar-refractivity contribution >= 4 is 11.8 Å². The molecular weight excluding hydrogens is 458 g/mol. The van der Waals surface area contributed by atoms with Crippen LogP contribution in [0.5, 0.6) is 5.88 Å². The number of carbonyl (C=O) groups excluding carboxylic acids is 2. The average molecular weight is 485 g/mol. The molecule has 11 heteroatoms. The second-order valence-corrected chi connectivity index (χ2v) is 8.68. The fraction of sp³-hybridized carbons (Fsp3) is 0.375. The zero-order valence-electron chi connectivity index (χ0n) is 19.9. The molecule has 1 N–H and O–H groups in total. The van der Waals surface area contributed by atoms with Gasteiger partial charge in [0, 0.05) is 62.0 Å². The second-order valence-electron chi connectivity index (χ2n) is 8.68. The zero-order valence-corrected chi connectivity index (χ0v) is 19.9. The van der Waals surface area contributed by atoms with Gasteiger partial charge < -0.3 is 19.5 Å². The third-order valence-electron chi connectivity index (χ3n) is 5.88. The summed E-state index contributed by atoms with van der Waals surface area (Å²) >= 11 is 0. The Morgan fingerprint density at radius 2 is 2.06 bits per heavy atom. The second kappa shape index (κ2) is 9.40. The first kappa shape index (κ1) is 24.2. The molecule has 3 aromatic heterocycles. The molecule has 1 aliphatic heterocycles. The van der Waals surface area contributed by atoms with E-state index in [0.29, 0.717) is 28.1 Å². The Bertz CT molecular complexity index is 1270. The van der Waals surface area contributed by atoms with Crippen molar-refractivity contribution in [3.05, 3.63) is 70.7 Å². The standard InChI is InChI=1S/C24H26F2N6O3/c1-14-9-16(10-30-22(14)35-13-24(3,25)26)15(2)32-12-18-17(23(32)34)5-6-28-20(18)21(33)29-11-19-27-7-8-31(19)4/h5-10,15H,11-13H2,1-4H3,(H,29,33). The molecule has 0 aromatic carbocycles. The van der Waals surface area contributed by atoms with Gasteiger partial charge in [-0.3, -0.25) is 14.6 Å². The lowest BCUT2D eigenvalue weighted by molar-refractivity contribution is -0.0244. The summed E-state index contributed by atoms with van der Waals surface area (Å²) in [6.45, 7) is 3.99. The summed E-state index contributed by atoms with van der Waals surface area (Å²) in [5, 5.41) is 2.81. The average Bonchev–Trinajstić information content (AvgIpc) is 3.38. The molecular formula is C24H26F2N6O3. The normalized spacial score (nSPS) is 14.1. The minimum absolute atomic E-state index is 0.120. The molecule has 0 bridgehead atoms. The number of hydrogen-bond acceptors (Lipinski definition) is 6. The fourth-order valence-electron chi connectivity index (χ4n) is 3.91. The van der Waals surface area contributed by atoms with Crippen molar-refractivity contribution in [1.29, 1.82) is 0 Å². The van der Waals surface area contributed by atoms with Gasteiger partial charge in [-0.05, 0) is 31.5 Å². The summed E-state index contributed by atoms with van der Waals surface area (Å²) in [6, 6.07) is 2.98. The highest BCUT2D eigenvalue weighted by Crippen LogP contribution is 2.33. The van der Waals surface area contributed by atoms with Crippen molar-refractivity contribution in [3.8, 4) is 5.88 Å². The minimum atomic E-state index is -2.97. The lowest BCUT2D eigenvalue weighted by Crippen LogP contribution is -2.28. The van der Waals surface area contributed by atoms with Gasteiger partial charge in [0.1, 0.15) is 11.5 Å². The molecule has 2 amide bonds. The van der Waals surface area contributed by atoms with E-state index >= 15 is 0 Å². The number of fused-ring (bicyclic) bond motifs is 1. The van der Waals surface area contributed by atoms with Crippen molar-refractivity contribution in [2.45, 2.75) is 45.8 Å². The van der Waals surface area contributed by atoms with Gasteiger partial charge in [0.05, 0.1) is 12.6 Å². The molecule has 1 aliphatic rings. The van der Waals surface area contributed by atoms with E-state index in [4.69, 9.17) is 4.74 Å². The van der Waals surface area contributed by atoms with Crippen LogP contribution in [0.4, 0.5) is 8.78 Å². The van der Waals surface area contributed by atoms with Gasteiger partial charge >= 0.3 is 0 Å². The van der Waals surface area contributed by atoms with Crippen molar-refractivity contribution < 1.29 is 23.1 Å². The van der Waals surface area contributed by atoms with Gasteiger partial charge in [-0.15, -0.1) is 0 Å². The molecule has 35 heavy (non-hydrogen) atoms. The van der Waals surface area contributed by atoms with Gasteiger partial charge in [0.15, 0.2) is 6.61 Å². The number of halogens is 2. The lowest BCUT2D eigenvalue weighted by Gasteiger charge is -2.25. The largest absolute Gasteiger partial charge is 0.471 e. The van der Waals surface area contributed by atoms with Gasteiger partial charge in [-0.1, -0.05) is 0 Å². The Morgan fingerprint density at radius 1 is 1.29 bits per heavy atom. The summed E-state index contributed by atoms with van der Waals surface area (Å²) < 4.78 is 33.2. The number of aryl methyl sites for hydroxylation is 2. The Morgan fingerprint density at radius 3 is 2.71 bits per heavy atom. The van der Waals surface area contributed by atoms with Crippen molar-refractivity contribution in [1.82, 2.24) is 29.7 Å². The van der Waals surface area contributed by atoms with Gasteiger partial charge in [0.25, 0.3) is 17.7 Å². The van der Waals surface area contributed by atoms with Crippen LogP contribution >= 0.6 is 0 Å². The Balaban J connectivity index is 1.50.